The number of nitrogens with two attached hydrogens (primary N) is 1. The first-order valence-electron chi connectivity index (χ1n) is 8.28. The lowest BCUT2D eigenvalue weighted by molar-refractivity contribution is -0.117. The van der Waals surface area contributed by atoms with Crippen molar-refractivity contribution in [3.8, 4) is 5.75 Å². The van der Waals surface area contributed by atoms with Crippen molar-refractivity contribution < 1.29 is 23.0 Å². The van der Waals surface area contributed by atoms with Gasteiger partial charge in [-0.3, -0.25) is 9.78 Å². The second-order valence-electron chi connectivity index (χ2n) is 5.88. The third kappa shape index (κ3) is 5.95. The third-order valence-corrected chi connectivity index (χ3v) is 3.43. The van der Waals surface area contributed by atoms with Crippen molar-refractivity contribution in [1.82, 2.24) is 15.0 Å². The minimum Gasteiger partial charge on any atom is -0.487 e. The number of amides is 1. The Hall–Kier alpha value is -3.14. The molecule has 0 aliphatic rings. The number of nitrogens with one attached hydrogen (secondary N) is 1. The minimum absolute atomic E-state index is 0.0903. The van der Waals surface area contributed by atoms with Crippen molar-refractivity contribution in [2.45, 2.75) is 19.3 Å². The Kier molecular flexibility index (Phi) is 6.94. The highest BCUT2D eigenvalue weighted by atomic mass is 19.3. The molecule has 150 valence electrons. The van der Waals surface area contributed by atoms with Gasteiger partial charge in [0.05, 0.1) is 36.3 Å². The summed E-state index contributed by atoms with van der Waals surface area (Å²) in [4.78, 5) is 22.9. The first-order chi connectivity index (χ1) is 13.2. The smallest absolute Gasteiger partial charge is 0.303 e. The molecule has 1 amide bonds. The molecule has 8 nitrogen and oxygen atoms in total. The van der Waals surface area contributed by atoms with E-state index in [0.29, 0.717) is 30.7 Å². The Morgan fingerprint density at radius 3 is 2.71 bits per heavy atom. The number of carbonyl (C=O) groups excluding carboxylic acids is 1. The van der Waals surface area contributed by atoms with Gasteiger partial charge in [-0.05, 0) is 12.1 Å². The molecule has 0 saturated heterocycles. The predicted molar refractivity (Wildman–Crippen MR) is 99.5 cm³/mol. The molecule has 0 atom stereocenters. The second kappa shape index (κ2) is 9.18. The Morgan fingerprint density at radius 1 is 1.36 bits per heavy atom. The molecule has 0 saturated carbocycles. The largest absolute Gasteiger partial charge is 0.487 e. The summed E-state index contributed by atoms with van der Waals surface area (Å²) in [7, 11) is 1.53. The molecule has 2 aromatic rings. The Labute approximate surface area is 160 Å². The zero-order valence-electron chi connectivity index (χ0n) is 15.5. The highest BCUT2D eigenvalue weighted by molar-refractivity contribution is 5.77. The van der Waals surface area contributed by atoms with E-state index in [4.69, 9.17) is 15.2 Å². The van der Waals surface area contributed by atoms with Crippen LogP contribution in [-0.2, 0) is 21.9 Å². The van der Waals surface area contributed by atoms with E-state index in [0.717, 1.165) is 0 Å². The van der Waals surface area contributed by atoms with Crippen molar-refractivity contribution in [2.75, 3.05) is 25.6 Å². The maximum absolute atomic E-state index is 13.7. The molecule has 2 aromatic heterocycles. The number of alkyl halides is 2. The van der Waals surface area contributed by atoms with Gasteiger partial charge >= 0.3 is 5.92 Å². The van der Waals surface area contributed by atoms with E-state index >= 15 is 0 Å². The summed E-state index contributed by atoms with van der Waals surface area (Å²) in [5, 5.41) is 2.91. The number of anilines is 2. The summed E-state index contributed by atoms with van der Waals surface area (Å²) in [5.74, 6) is -4.01. The van der Waals surface area contributed by atoms with Crippen LogP contribution in [0.1, 0.15) is 24.1 Å². The molecular formula is C18H21F2N5O3. The molecule has 28 heavy (non-hydrogen) atoms. The highest BCUT2D eigenvalue weighted by Gasteiger charge is 2.29. The molecular weight excluding hydrogens is 372 g/mol. The van der Waals surface area contributed by atoms with Gasteiger partial charge in [-0.2, -0.15) is 8.78 Å². The average molecular weight is 393 g/mol. The lowest BCUT2D eigenvalue weighted by Crippen LogP contribution is -2.16. The number of methoxy groups -OCH3 is 1. The van der Waals surface area contributed by atoms with Crippen LogP contribution in [0.4, 0.5) is 20.3 Å². The maximum Gasteiger partial charge on any atom is 0.303 e. The zero-order chi connectivity index (χ0) is 20.7. The van der Waals surface area contributed by atoms with E-state index in [9.17, 15) is 13.6 Å². The molecule has 2 heterocycles. The lowest BCUT2D eigenvalue weighted by Gasteiger charge is -2.15. The van der Waals surface area contributed by atoms with Crippen LogP contribution < -0.4 is 15.8 Å². The van der Waals surface area contributed by atoms with Crippen LogP contribution in [0.15, 0.2) is 24.9 Å². The van der Waals surface area contributed by atoms with Crippen molar-refractivity contribution in [3.05, 3.63) is 42.1 Å². The molecule has 0 fully saturated rings. The molecule has 0 aliphatic carbocycles. The van der Waals surface area contributed by atoms with E-state index in [1.807, 2.05) is 0 Å². The summed E-state index contributed by atoms with van der Waals surface area (Å²) in [6.07, 6.45) is 2.65. The van der Waals surface area contributed by atoms with Crippen LogP contribution >= 0.6 is 0 Å². The Balaban J connectivity index is 2.41. The fourth-order valence-electron chi connectivity index (χ4n) is 2.18. The van der Waals surface area contributed by atoms with Crippen molar-refractivity contribution >= 4 is 23.5 Å². The van der Waals surface area contributed by atoms with Crippen LogP contribution in [0.3, 0.4) is 0 Å². The maximum atomic E-state index is 13.7. The monoisotopic (exact) mass is 393 g/mol. The van der Waals surface area contributed by atoms with Gasteiger partial charge in [-0.15, -0.1) is 0 Å². The second-order valence-corrected chi connectivity index (χ2v) is 5.88. The number of nitrogens with zero attached hydrogens (tertiary/aromatic N) is 3. The predicted octanol–water partition coefficient (Wildman–Crippen LogP) is 2.42. The number of ether oxygens (including phenoxy) is 2. The summed E-state index contributed by atoms with van der Waals surface area (Å²) in [5.41, 5.74) is 6.19. The molecule has 3 N–H and O–H groups in total. The van der Waals surface area contributed by atoms with Gasteiger partial charge in [0.25, 0.3) is 0 Å². The molecule has 0 aromatic carbocycles. The topological polar surface area (TPSA) is 112 Å². The number of rotatable bonds is 10. The lowest BCUT2D eigenvalue weighted by atomic mass is 10.2. The zero-order valence-corrected chi connectivity index (χ0v) is 15.5. The third-order valence-electron chi connectivity index (χ3n) is 3.43. The van der Waals surface area contributed by atoms with Crippen molar-refractivity contribution in [2.24, 2.45) is 5.73 Å². The molecule has 0 radical (unpaired) electrons. The number of hydrogen-bond acceptors (Lipinski definition) is 7. The summed E-state index contributed by atoms with van der Waals surface area (Å²) in [6, 6.07) is 2.99. The standard InChI is InChI=1S/C18H21F2N5O3/c1-4-11-9-16(25-17(23-11)18(2,19)20)24-13-7-12(8-15(21)26)22-10-14(13)28-6-5-27-3/h4,7,9-10H,1,5-6,8H2,2-3H3,(H2,21,26)(H,22,23,24,25). The van der Waals surface area contributed by atoms with Crippen LogP contribution in [0.25, 0.3) is 6.08 Å². The molecule has 0 spiro atoms. The van der Waals surface area contributed by atoms with Crippen molar-refractivity contribution in [3.63, 3.8) is 0 Å². The van der Waals surface area contributed by atoms with Gasteiger partial charge in [0, 0.05) is 20.1 Å². The van der Waals surface area contributed by atoms with Gasteiger partial charge in [0.2, 0.25) is 11.7 Å². The molecule has 0 bridgehead atoms. The first-order valence-corrected chi connectivity index (χ1v) is 8.28. The summed E-state index contributed by atoms with van der Waals surface area (Å²) < 4.78 is 37.9. The molecule has 10 heteroatoms. The van der Waals surface area contributed by atoms with E-state index in [1.54, 1.807) is 0 Å². The Morgan fingerprint density at radius 2 is 2.11 bits per heavy atom. The van der Waals surface area contributed by atoms with Gasteiger partial charge in [-0.1, -0.05) is 6.58 Å². The van der Waals surface area contributed by atoms with E-state index in [2.05, 4.69) is 26.8 Å². The minimum atomic E-state index is -3.23. The fraction of sp³-hybridized carbons (Fsp3) is 0.333. The van der Waals surface area contributed by atoms with Gasteiger partial charge in [0.1, 0.15) is 12.4 Å². The van der Waals surface area contributed by atoms with Crippen LogP contribution in [-0.4, -0.2) is 41.2 Å². The van der Waals surface area contributed by atoms with Gasteiger partial charge in [0.15, 0.2) is 5.75 Å². The Bertz CT molecular complexity index is 856. The molecule has 0 unspecified atom stereocenters. The van der Waals surface area contributed by atoms with E-state index in [-0.39, 0.29) is 24.5 Å². The number of carbonyl (C=O) groups is 1. The summed E-state index contributed by atoms with van der Waals surface area (Å²) >= 11 is 0. The molecule has 0 aliphatic heterocycles. The number of pyridine rings is 1. The average Bonchev–Trinajstić information content (AvgIpc) is 2.62. The molecule has 2 rings (SSSR count). The van der Waals surface area contributed by atoms with Gasteiger partial charge < -0.3 is 20.5 Å². The van der Waals surface area contributed by atoms with E-state index in [1.165, 1.54) is 31.5 Å². The van der Waals surface area contributed by atoms with E-state index < -0.39 is 17.7 Å². The highest BCUT2D eigenvalue weighted by Crippen LogP contribution is 2.30. The number of primary amides is 1. The number of aromatic nitrogens is 3. The van der Waals surface area contributed by atoms with Crippen LogP contribution in [0.5, 0.6) is 5.75 Å². The number of hydrogen-bond donors (Lipinski definition) is 2. The fourth-order valence-corrected chi connectivity index (χ4v) is 2.18. The van der Waals surface area contributed by atoms with Crippen LogP contribution in [0, 0.1) is 0 Å². The summed E-state index contributed by atoms with van der Waals surface area (Å²) in [6.45, 7) is 4.83. The SMILES string of the molecule is C=Cc1cc(Nc2cc(CC(N)=O)ncc2OCCOC)nc(C(C)(F)F)n1. The van der Waals surface area contributed by atoms with Crippen molar-refractivity contribution in [1.29, 1.82) is 0 Å². The number of halogens is 2. The first kappa shape index (κ1) is 21.2. The normalized spacial score (nSPS) is 11.1. The van der Waals surface area contributed by atoms with Gasteiger partial charge in [-0.25, -0.2) is 9.97 Å². The quantitative estimate of drug-likeness (QED) is 0.596. The van der Waals surface area contributed by atoms with Crippen LogP contribution in [0.2, 0.25) is 0 Å².